The third-order valence-electron chi connectivity index (χ3n) is 4.79. The number of amides is 1. The topological polar surface area (TPSA) is 116 Å². The van der Waals surface area contributed by atoms with Crippen LogP contribution in [-0.2, 0) is 10.0 Å². The summed E-state index contributed by atoms with van der Waals surface area (Å²) in [6, 6.07) is 4.24. The number of hydrogen-bond acceptors (Lipinski definition) is 5. The summed E-state index contributed by atoms with van der Waals surface area (Å²) in [6.45, 7) is 0. The Labute approximate surface area is 170 Å². The largest absolute Gasteiger partial charge is 0.390 e. The number of carbonyl (C=O) groups excluding carboxylic acids is 1. The summed E-state index contributed by atoms with van der Waals surface area (Å²) >= 11 is 0. The summed E-state index contributed by atoms with van der Waals surface area (Å²) in [6.07, 6.45) is -1.44. The fourth-order valence-electron chi connectivity index (χ4n) is 3.18. The van der Waals surface area contributed by atoms with Gasteiger partial charge in [-0.25, -0.2) is 26.3 Å². The van der Waals surface area contributed by atoms with Crippen LogP contribution in [0.15, 0.2) is 41.3 Å². The number of anilines is 1. The first kappa shape index (κ1) is 22.2. The highest BCUT2D eigenvalue weighted by molar-refractivity contribution is 7.89. The van der Waals surface area contributed by atoms with Crippen LogP contribution in [0.1, 0.15) is 29.6 Å². The van der Waals surface area contributed by atoms with E-state index in [1.165, 1.54) is 0 Å². The lowest BCUT2D eigenvalue weighted by molar-refractivity contribution is -0.0242. The minimum atomic E-state index is -4.47. The van der Waals surface area contributed by atoms with Crippen molar-refractivity contribution in [1.29, 1.82) is 0 Å². The minimum absolute atomic E-state index is 0.0786. The average Bonchev–Trinajstić information content (AvgIpc) is 2.68. The predicted octanol–water partition coefficient (Wildman–Crippen LogP) is 1.91. The number of aliphatic hydroxyl groups excluding tert-OH is 2. The molecule has 1 fully saturated rings. The Morgan fingerprint density at radius 3 is 2.37 bits per heavy atom. The van der Waals surface area contributed by atoms with E-state index in [4.69, 9.17) is 0 Å². The van der Waals surface area contributed by atoms with E-state index < -0.39 is 56.5 Å². The maximum absolute atomic E-state index is 14.2. The Bertz CT molecular complexity index is 1060. The monoisotopic (exact) mass is 444 g/mol. The van der Waals surface area contributed by atoms with E-state index in [0.717, 1.165) is 36.4 Å². The highest BCUT2D eigenvalue weighted by Gasteiger charge is 2.34. The van der Waals surface area contributed by atoms with E-state index in [2.05, 4.69) is 10.0 Å². The smallest absolute Gasteiger partial charge is 0.255 e. The van der Waals surface area contributed by atoms with Gasteiger partial charge in [-0.05, 0) is 49.6 Å². The van der Waals surface area contributed by atoms with E-state index in [-0.39, 0.29) is 17.7 Å². The van der Waals surface area contributed by atoms with Crippen LogP contribution in [0.4, 0.5) is 18.9 Å². The second-order valence-electron chi connectivity index (χ2n) is 6.94. The zero-order chi connectivity index (χ0) is 22.1. The SMILES string of the molecule is O=C(Nc1ccc(F)c(F)c1)c1ccc(F)c(S(=O)(=O)NC2CCCC(O)C2O)c1. The second-order valence-corrected chi connectivity index (χ2v) is 8.63. The van der Waals surface area contributed by atoms with Crippen molar-refractivity contribution in [2.45, 2.75) is 42.4 Å². The third kappa shape index (κ3) is 4.81. The van der Waals surface area contributed by atoms with Gasteiger partial charge in [-0.2, -0.15) is 0 Å². The first-order valence-electron chi connectivity index (χ1n) is 9.03. The van der Waals surface area contributed by atoms with Crippen LogP contribution in [0, 0.1) is 17.5 Å². The van der Waals surface area contributed by atoms with Gasteiger partial charge in [0.15, 0.2) is 11.6 Å². The van der Waals surface area contributed by atoms with Crippen LogP contribution in [0.3, 0.4) is 0 Å². The zero-order valence-electron chi connectivity index (χ0n) is 15.5. The van der Waals surface area contributed by atoms with Crippen LogP contribution < -0.4 is 10.0 Å². The maximum Gasteiger partial charge on any atom is 0.255 e. The Morgan fingerprint density at radius 1 is 0.967 bits per heavy atom. The van der Waals surface area contributed by atoms with E-state index in [1.54, 1.807) is 0 Å². The summed E-state index contributed by atoms with van der Waals surface area (Å²) < 4.78 is 67.9. The molecule has 1 aliphatic rings. The summed E-state index contributed by atoms with van der Waals surface area (Å²) in [5.74, 6) is -4.29. The Morgan fingerprint density at radius 2 is 1.67 bits per heavy atom. The van der Waals surface area contributed by atoms with Crippen molar-refractivity contribution in [3.05, 3.63) is 59.4 Å². The van der Waals surface area contributed by atoms with Crippen LogP contribution in [0.2, 0.25) is 0 Å². The lowest BCUT2D eigenvalue weighted by atomic mass is 9.91. The molecule has 2 aromatic rings. The average molecular weight is 444 g/mol. The van der Waals surface area contributed by atoms with Gasteiger partial charge in [0.25, 0.3) is 5.91 Å². The molecule has 2 aromatic carbocycles. The predicted molar refractivity (Wildman–Crippen MR) is 101 cm³/mol. The van der Waals surface area contributed by atoms with Gasteiger partial charge < -0.3 is 15.5 Å². The van der Waals surface area contributed by atoms with Crippen molar-refractivity contribution >= 4 is 21.6 Å². The molecule has 162 valence electrons. The number of aliphatic hydroxyl groups is 2. The molecule has 0 bridgehead atoms. The first-order valence-corrected chi connectivity index (χ1v) is 10.5. The van der Waals surface area contributed by atoms with Crippen LogP contribution in [0.25, 0.3) is 0 Å². The third-order valence-corrected chi connectivity index (χ3v) is 6.29. The summed E-state index contributed by atoms with van der Waals surface area (Å²) in [7, 11) is -4.47. The maximum atomic E-state index is 14.2. The van der Waals surface area contributed by atoms with Crippen molar-refractivity contribution in [1.82, 2.24) is 4.72 Å². The summed E-state index contributed by atoms with van der Waals surface area (Å²) in [4.78, 5) is 11.5. The molecule has 3 rings (SSSR count). The van der Waals surface area contributed by atoms with Gasteiger partial charge in [0.1, 0.15) is 10.7 Å². The number of carbonyl (C=O) groups is 1. The van der Waals surface area contributed by atoms with Gasteiger partial charge in [0.2, 0.25) is 10.0 Å². The van der Waals surface area contributed by atoms with E-state index in [9.17, 15) is 36.6 Å². The molecule has 0 saturated heterocycles. The van der Waals surface area contributed by atoms with Crippen molar-refractivity contribution in [2.24, 2.45) is 0 Å². The van der Waals surface area contributed by atoms with Gasteiger partial charge in [-0.3, -0.25) is 4.79 Å². The molecule has 1 saturated carbocycles. The van der Waals surface area contributed by atoms with Gasteiger partial charge in [0.05, 0.1) is 18.2 Å². The normalized spacial score (nSPS) is 22.0. The summed E-state index contributed by atoms with van der Waals surface area (Å²) in [5, 5.41) is 21.9. The van der Waals surface area contributed by atoms with E-state index in [0.29, 0.717) is 12.8 Å². The van der Waals surface area contributed by atoms with Crippen LogP contribution in [0.5, 0.6) is 0 Å². The number of rotatable bonds is 5. The lowest BCUT2D eigenvalue weighted by Gasteiger charge is -2.32. The van der Waals surface area contributed by atoms with Gasteiger partial charge in [-0.15, -0.1) is 0 Å². The van der Waals surface area contributed by atoms with Crippen molar-refractivity contribution in [3.8, 4) is 0 Å². The zero-order valence-corrected chi connectivity index (χ0v) is 16.3. The van der Waals surface area contributed by atoms with Gasteiger partial charge in [-0.1, -0.05) is 0 Å². The molecule has 0 spiro atoms. The molecule has 1 aliphatic carbocycles. The molecule has 4 N–H and O–H groups in total. The summed E-state index contributed by atoms with van der Waals surface area (Å²) in [5.41, 5.74) is -0.323. The highest BCUT2D eigenvalue weighted by atomic mass is 32.2. The van der Waals surface area contributed by atoms with Crippen molar-refractivity contribution in [3.63, 3.8) is 0 Å². The Kier molecular flexibility index (Phi) is 6.46. The quantitative estimate of drug-likeness (QED) is 0.562. The minimum Gasteiger partial charge on any atom is -0.390 e. The molecule has 11 heteroatoms. The molecule has 0 heterocycles. The van der Waals surface area contributed by atoms with E-state index >= 15 is 0 Å². The Balaban J connectivity index is 1.83. The molecular weight excluding hydrogens is 425 g/mol. The van der Waals surface area contributed by atoms with Gasteiger partial charge in [0, 0.05) is 17.3 Å². The van der Waals surface area contributed by atoms with E-state index in [1.807, 2.05) is 0 Å². The molecule has 3 unspecified atom stereocenters. The molecule has 30 heavy (non-hydrogen) atoms. The fraction of sp³-hybridized carbons (Fsp3) is 0.316. The highest BCUT2D eigenvalue weighted by Crippen LogP contribution is 2.23. The Hall–Kier alpha value is -2.47. The molecule has 0 aromatic heterocycles. The van der Waals surface area contributed by atoms with Gasteiger partial charge >= 0.3 is 0 Å². The number of sulfonamides is 1. The molecule has 0 radical (unpaired) electrons. The van der Waals surface area contributed by atoms with Crippen LogP contribution in [-0.4, -0.2) is 42.8 Å². The number of halogens is 3. The molecule has 1 amide bonds. The lowest BCUT2D eigenvalue weighted by Crippen LogP contribution is -2.51. The van der Waals surface area contributed by atoms with Crippen LogP contribution >= 0.6 is 0 Å². The van der Waals surface area contributed by atoms with Crippen molar-refractivity contribution < 1.29 is 36.6 Å². The standard InChI is InChI=1S/C19H19F3N2O5S/c20-12-7-5-11(9-14(12)22)23-19(27)10-4-6-13(21)17(8-10)30(28,29)24-15-2-1-3-16(25)18(15)26/h4-9,15-16,18,24-26H,1-3H2,(H,23,27). The molecule has 3 atom stereocenters. The molecular formula is C19H19F3N2O5S. The fourth-order valence-corrected chi connectivity index (χ4v) is 4.57. The second kappa shape index (κ2) is 8.72. The molecule has 7 nitrogen and oxygen atoms in total. The first-order chi connectivity index (χ1) is 14.1. The number of nitrogens with one attached hydrogen (secondary N) is 2. The number of hydrogen-bond donors (Lipinski definition) is 4. The molecule has 0 aliphatic heterocycles. The number of benzene rings is 2. The van der Waals surface area contributed by atoms with Crippen molar-refractivity contribution in [2.75, 3.05) is 5.32 Å².